The molecule has 3 rings (SSSR count). The molecule has 0 fully saturated rings. The third-order valence-electron chi connectivity index (χ3n) is 4.20. The topological polar surface area (TPSA) is 32.3 Å². The van der Waals surface area contributed by atoms with Crippen molar-refractivity contribution in [1.29, 1.82) is 0 Å². The number of carbonyl (C=O) groups is 1. The van der Waals surface area contributed by atoms with Crippen molar-refractivity contribution in [1.82, 2.24) is 5.32 Å². The van der Waals surface area contributed by atoms with Crippen LogP contribution in [0.25, 0.3) is 0 Å². The van der Waals surface area contributed by atoms with E-state index in [0.29, 0.717) is 6.54 Å². The fraction of sp³-hybridized carbons (Fsp3) is 0.316. The Bertz CT molecular complexity index is 663. The molecule has 3 heteroatoms. The van der Waals surface area contributed by atoms with E-state index in [1.54, 1.807) is 0 Å². The predicted molar refractivity (Wildman–Crippen MR) is 90.0 cm³/mol. The van der Waals surface area contributed by atoms with Crippen LogP contribution in [-0.4, -0.2) is 18.5 Å². The highest BCUT2D eigenvalue weighted by atomic mass is 16.2. The molecule has 0 unspecified atom stereocenters. The number of aryl methyl sites for hydroxylation is 1. The van der Waals surface area contributed by atoms with E-state index in [9.17, 15) is 4.79 Å². The minimum atomic E-state index is 0.143. The SMILES string of the molecule is Cc1ccc(CNCC(=O)N2c3ccccc3C[C@H]2C)cc1. The van der Waals surface area contributed by atoms with Crippen LogP contribution in [0.3, 0.4) is 0 Å². The molecule has 0 bridgehead atoms. The number of amides is 1. The Labute approximate surface area is 132 Å². The molecule has 0 radical (unpaired) electrons. The average molecular weight is 294 g/mol. The lowest BCUT2D eigenvalue weighted by Crippen LogP contribution is -2.41. The van der Waals surface area contributed by atoms with Crippen molar-refractivity contribution in [2.24, 2.45) is 0 Å². The minimum Gasteiger partial charge on any atom is -0.308 e. The monoisotopic (exact) mass is 294 g/mol. The zero-order valence-electron chi connectivity index (χ0n) is 13.2. The van der Waals surface area contributed by atoms with Gasteiger partial charge in [0.15, 0.2) is 0 Å². The van der Waals surface area contributed by atoms with Gasteiger partial charge in [0, 0.05) is 18.3 Å². The summed E-state index contributed by atoms with van der Waals surface area (Å²) in [5.74, 6) is 0.143. The van der Waals surface area contributed by atoms with Crippen molar-refractivity contribution < 1.29 is 4.79 Å². The Morgan fingerprint density at radius 2 is 1.91 bits per heavy atom. The van der Waals surface area contributed by atoms with Gasteiger partial charge in [0.25, 0.3) is 0 Å². The normalized spacial score (nSPS) is 16.6. The first-order valence-electron chi connectivity index (χ1n) is 7.81. The van der Waals surface area contributed by atoms with Crippen LogP contribution in [0.4, 0.5) is 5.69 Å². The molecule has 0 saturated carbocycles. The highest BCUT2D eigenvalue weighted by molar-refractivity contribution is 5.97. The van der Waals surface area contributed by atoms with E-state index in [1.807, 2.05) is 23.1 Å². The molecule has 0 aromatic heterocycles. The van der Waals surface area contributed by atoms with Crippen LogP contribution in [0.5, 0.6) is 0 Å². The van der Waals surface area contributed by atoms with E-state index in [2.05, 4.69) is 49.5 Å². The summed E-state index contributed by atoms with van der Waals surface area (Å²) in [5, 5.41) is 3.26. The Hall–Kier alpha value is -2.13. The number of fused-ring (bicyclic) bond motifs is 1. The third kappa shape index (κ3) is 3.04. The lowest BCUT2D eigenvalue weighted by molar-refractivity contribution is -0.118. The highest BCUT2D eigenvalue weighted by Gasteiger charge is 2.29. The van der Waals surface area contributed by atoms with Crippen LogP contribution in [0.1, 0.15) is 23.6 Å². The maximum Gasteiger partial charge on any atom is 0.241 e. The first kappa shape index (κ1) is 14.8. The molecule has 0 spiro atoms. The summed E-state index contributed by atoms with van der Waals surface area (Å²) >= 11 is 0. The van der Waals surface area contributed by atoms with Gasteiger partial charge in [-0.2, -0.15) is 0 Å². The first-order valence-corrected chi connectivity index (χ1v) is 7.81. The molecular weight excluding hydrogens is 272 g/mol. The smallest absolute Gasteiger partial charge is 0.241 e. The van der Waals surface area contributed by atoms with Crippen molar-refractivity contribution in [2.45, 2.75) is 32.9 Å². The molecule has 1 aliphatic rings. The molecule has 22 heavy (non-hydrogen) atoms. The summed E-state index contributed by atoms with van der Waals surface area (Å²) in [6.45, 7) is 5.27. The predicted octanol–water partition coefficient (Wildman–Crippen LogP) is 3.06. The van der Waals surface area contributed by atoms with Gasteiger partial charge < -0.3 is 10.2 Å². The summed E-state index contributed by atoms with van der Waals surface area (Å²) in [6, 6.07) is 16.8. The van der Waals surface area contributed by atoms with E-state index in [4.69, 9.17) is 0 Å². The van der Waals surface area contributed by atoms with E-state index in [1.165, 1.54) is 16.7 Å². The van der Waals surface area contributed by atoms with E-state index >= 15 is 0 Å². The number of nitrogens with one attached hydrogen (secondary N) is 1. The molecule has 0 saturated heterocycles. The number of benzene rings is 2. The summed E-state index contributed by atoms with van der Waals surface area (Å²) < 4.78 is 0. The largest absolute Gasteiger partial charge is 0.308 e. The van der Waals surface area contributed by atoms with E-state index < -0.39 is 0 Å². The summed E-state index contributed by atoms with van der Waals surface area (Å²) in [7, 11) is 0. The Morgan fingerprint density at radius 1 is 1.18 bits per heavy atom. The van der Waals surface area contributed by atoms with Gasteiger partial charge in [-0.05, 0) is 37.5 Å². The molecule has 1 atom stereocenters. The number of hydrogen-bond acceptors (Lipinski definition) is 2. The molecule has 1 N–H and O–H groups in total. The van der Waals surface area contributed by atoms with Crippen LogP contribution in [0.2, 0.25) is 0 Å². The molecule has 1 heterocycles. The Balaban J connectivity index is 1.59. The molecule has 2 aromatic carbocycles. The second-order valence-corrected chi connectivity index (χ2v) is 6.03. The molecule has 2 aromatic rings. The highest BCUT2D eigenvalue weighted by Crippen LogP contribution is 2.31. The molecule has 114 valence electrons. The summed E-state index contributed by atoms with van der Waals surface area (Å²) in [4.78, 5) is 14.5. The Kier molecular flexibility index (Phi) is 4.25. The third-order valence-corrected chi connectivity index (χ3v) is 4.20. The zero-order chi connectivity index (χ0) is 15.5. The number of rotatable bonds is 4. The minimum absolute atomic E-state index is 0.143. The van der Waals surface area contributed by atoms with Gasteiger partial charge >= 0.3 is 0 Å². The fourth-order valence-corrected chi connectivity index (χ4v) is 3.05. The molecule has 1 amide bonds. The standard InChI is InChI=1S/C19H22N2O/c1-14-7-9-16(10-8-14)12-20-13-19(22)21-15(2)11-17-5-3-4-6-18(17)21/h3-10,15,20H,11-13H2,1-2H3/t15-/m1/s1. The lowest BCUT2D eigenvalue weighted by atomic mass is 10.1. The molecule has 3 nitrogen and oxygen atoms in total. The fourth-order valence-electron chi connectivity index (χ4n) is 3.05. The average Bonchev–Trinajstić information content (AvgIpc) is 2.85. The number of hydrogen-bond donors (Lipinski definition) is 1. The van der Waals surface area contributed by atoms with Crippen LogP contribution in [0.15, 0.2) is 48.5 Å². The number of para-hydroxylation sites is 1. The van der Waals surface area contributed by atoms with Crippen molar-refractivity contribution in [3.05, 3.63) is 65.2 Å². The van der Waals surface area contributed by atoms with Crippen molar-refractivity contribution in [3.63, 3.8) is 0 Å². The number of carbonyl (C=O) groups excluding carboxylic acids is 1. The van der Waals surface area contributed by atoms with Crippen LogP contribution in [0, 0.1) is 6.92 Å². The van der Waals surface area contributed by atoms with Crippen molar-refractivity contribution >= 4 is 11.6 Å². The van der Waals surface area contributed by atoms with Gasteiger partial charge in [0.1, 0.15) is 0 Å². The maximum atomic E-state index is 12.5. The number of anilines is 1. The second-order valence-electron chi connectivity index (χ2n) is 6.03. The van der Waals surface area contributed by atoms with Gasteiger partial charge in [-0.3, -0.25) is 4.79 Å². The van der Waals surface area contributed by atoms with Crippen LogP contribution >= 0.6 is 0 Å². The van der Waals surface area contributed by atoms with Crippen LogP contribution < -0.4 is 10.2 Å². The van der Waals surface area contributed by atoms with Gasteiger partial charge in [-0.15, -0.1) is 0 Å². The molecule has 0 aliphatic carbocycles. The first-order chi connectivity index (χ1) is 10.6. The second kappa shape index (κ2) is 6.32. The van der Waals surface area contributed by atoms with E-state index in [0.717, 1.165) is 18.7 Å². The number of nitrogens with zero attached hydrogens (tertiary/aromatic N) is 1. The molecule has 1 aliphatic heterocycles. The quantitative estimate of drug-likeness (QED) is 0.940. The maximum absolute atomic E-state index is 12.5. The van der Waals surface area contributed by atoms with Gasteiger partial charge in [-0.1, -0.05) is 48.0 Å². The summed E-state index contributed by atoms with van der Waals surface area (Å²) in [5.41, 5.74) is 4.79. The van der Waals surface area contributed by atoms with Gasteiger partial charge in [-0.25, -0.2) is 0 Å². The lowest BCUT2D eigenvalue weighted by Gasteiger charge is -2.23. The zero-order valence-corrected chi connectivity index (χ0v) is 13.2. The van der Waals surface area contributed by atoms with Crippen LogP contribution in [-0.2, 0) is 17.8 Å². The van der Waals surface area contributed by atoms with Gasteiger partial charge in [0.05, 0.1) is 6.54 Å². The Morgan fingerprint density at radius 3 is 2.68 bits per heavy atom. The molecular formula is C19H22N2O. The van der Waals surface area contributed by atoms with Crippen molar-refractivity contribution in [2.75, 3.05) is 11.4 Å². The van der Waals surface area contributed by atoms with Crippen molar-refractivity contribution in [3.8, 4) is 0 Å². The summed E-state index contributed by atoms with van der Waals surface area (Å²) in [6.07, 6.45) is 0.944. The van der Waals surface area contributed by atoms with Gasteiger partial charge in [0.2, 0.25) is 5.91 Å². The van der Waals surface area contributed by atoms with E-state index in [-0.39, 0.29) is 11.9 Å².